The van der Waals surface area contributed by atoms with Gasteiger partial charge in [-0.25, -0.2) is 0 Å². The molecule has 5 heteroatoms. The van der Waals surface area contributed by atoms with Gasteiger partial charge < -0.3 is 15.2 Å². The van der Waals surface area contributed by atoms with Crippen molar-refractivity contribution in [1.29, 1.82) is 0 Å². The molecule has 3 aromatic rings. The summed E-state index contributed by atoms with van der Waals surface area (Å²) in [7, 11) is 0. The van der Waals surface area contributed by atoms with Crippen molar-refractivity contribution >= 4 is 22.7 Å². The number of carbonyl (C=O) groups is 2. The van der Waals surface area contributed by atoms with Gasteiger partial charge in [0.25, 0.3) is 5.91 Å². The molecule has 2 N–H and O–H groups in total. The Kier molecular flexibility index (Phi) is 6.63. The average Bonchev–Trinajstić information content (AvgIpc) is 3.25. The summed E-state index contributed by atoms with van der Waals surface area (Å²) in [6, 6.07) is 16.0. The topological polar surface area (TPSA) is 65.2 Å². The molecule has 2 aromatic carbocycles. The number of nitrogens with zero attached hydrogens (tertiary/aromatic N) is 1. The Balaban J connectivity index is 1.56. The van der Waals surface area contributed by atoms with Crippen LogP contribution >= 0.6 is 0 Å². The van der Waals surface area contributed by atoms with Gasteiger partial charge >= 0.3 is 0 Å². The fraction of sp³-hybridized carbons (Fsp3) is 0.407. The molecular formula is C27H33N3O2. The zero-order chi connectivity index (χ0) is 22.7. The summed E-state index contributed by atoms with van der Waals surface area (Å²) >= 11 is 0. The largest absolute Gasteiger partial charge is 0.358 e. The van der Waals surface area contributed by atoms with E-state index >= 15 is 0 Å². The number of aryl methyl sites for hydroxylation is 1. The normalized spacial score (nSPS) is 16.4. The van der Waals surface area contributed by atoms with Gasteiger partial charge in [-0.05, 0) is 38.0 Å². The quantitative estimate of drug-likeness (QED) is 0.440. The van der Waals surface area contributed by atoms with Crippen LogP contribution < -0.4 is 5.32 Å². The number of aromatic amines is 1. The first-order chi connectivity index (χ1) is 15.5. The summed E-state index contributed by atoms with van der Waals surface area (Å²) in [6.07, 6.45) is 4.78. The van der Waals surface area contributed by atoms with Gasteiger partial charge in [0.2, 0.25) is 5.91 Å². The predicted octanol–water partition coefficient (Wildman–Crippen LogP) is 5.50. The number of hydrogen-bond donors (Lipinski definition) is 2. The Bertz CT molecular complexity index is 1120. The van der Waals surface area contributed by atoms with Crippen LogP contribution in [-0.4, -0.2) is 34.3 Å². The van der Waals surface area contributed by atoms with Crippen LogP contribution in [0.2, 0.25) is 0 Å². The first-order valence-corrected chi connectivity index (χ1v) is 11.8. The van der Waals surface area contributed by atoms with E-state index in [-0.39, 0.29) is 23.9 Å². The van der Waals surface area contributed by atoms with E-state index in [0.29, 0.717) is 13.0 Å². The van der Waals surface area contributed by atoms with E-state index in [9.17, 15) is 9.59 Å². The first kappa shape index (κ1) is 22.1. The number of hydrogen-bond acceptors (Lipinski definition) is 2. The molecule has 5 nitrogen and oxygen atoms in total. The monoisotopic (exact) mass is 431 g/mol. The number of rotatable bonds is 9. The minimum Gasteiger partial charge on any atom is -0.358 e. The smallest absolute Gasteiger partial charge is 0.255 e. The summed E-state index contributed by atoms with van der Waals surface area (Å²) in [6.45, 7) is 6.69. The Morgan fingerprint density at radius 1 is 1.12 bits per heavy atom. The van der Waals surface area contributed by atoms with Gasteiger partial charge in [-0.3, -0.25) is 9.59 Å². The predicted molar refractivity (Wildman–Crippen MR) is 129 cm³/mol. The third-order valence-electron chi connectivity index (χ3n) is 6.50. The van der Waals surface area contributed by atoms with Crippen molar-refractivity contribution in [2.45, 2.75) is 65.0 Å². The molecule has 0 bridgehead atoms. The third kappa shape index (κ3) is 4.29. The molecule has 0 saturated heterocycles. The van der Waals surface area contributed by atoms with Crippen molar-refractivity contribution in [3.8, 4) is 0 Å². The Morgan fingerprint density at radius 2 is 1.88 bits per heavy atom. The second-order valence-electron chi connectivity index (χ2n) is 8.91. The van der Waals surface area contributed by atoms with Gasteiger partial charge in [0, 0.05) is 46.7 Å². The molecule has 1 aromatic heterocycles. The highest BCUT2D eigenvalue weighted by atomic mass is 16.2. The van der Waals surface area contributed by atoms with E-state index in [1.165, 1.54) is 12.8 Å². The third-order valence-corrected chi connectivity index (χ3v) is 6.50. The van der Waals surface area contributed by atoms with Crippen LogP contribution in [0.1, 0.15) is 79.2 Å². The van der Waals surface area contributed by atoms with Crippen LogP contribution in [0.5, 0.6) is 0 Å². The lowest BCUT2D eigenvalue weighted by molar-refractivity contribution is -0.122. The van der Waals surface area contributed by atoms with Crippen molar-refractivity contribution in [2.24, 2.45) is 0 Å². The van der Waals surface area contributed by atoms with Crippen LogP contribution in [0.15, 0.2) is 48.5 Å². The standard InChI is InChI=1S/C27H33N3O2/c1-4-5-6-11-18(2)28-24(31)16-17-30-26(20-12-7-8-13-21(20)27(30)32)25-19(3)29-23-15-10-9-14-22(23)25/h7-10,12-15,18,26,29H,4-6,11,16-17H2,1-3H3,(H,28,31). The average molecular weight is 432 g/mol. The summed E-state index contributed by atoms with van der Waals surface area (Å²) in [4.78, 5) is 31.3. The van der Waals surface area contributed by atoms with Crippen molar-refractivity contribution in [2.75, 3.05) is 6.54 Å². The highest BCUT2D eigenvalue weighted by molar-refractivity contribution is 6.01. The van der Waals surface area contributed by atoms with Gasteiger partial charge in [-0.15, -0.1) is 0 Å². The summed E-state index contributed by atoms with van der Waals surface area (Å²) in [5, 5.41) is 4.23. The highest BCUT2D eigenvalue weighted by Gasteiger charge is 2.39. The molecule has 32 heavy (non-hydrogen) atoms. The fourth-order valence-electron chi connectivity index (χ4n) is 4.90. The zero-order valence-electron chi connectivity index (χ0n) is 19.3. The molecule has 0 fully saturated rings. The van der Waals surface area contributed by atoms with Gasteiger partial charge in [-0.2, -0.15) is 0 Å². The van der Waals surface area contributed by atoms with Gasteiger partial charge in [0.15, 0.2) is 0 Å². The van der Waals surface area contributed by atoms with E-state index in [2.05, 4.69) is 43.2 Å². The fourth-order valence-corrected chi connectivity index (χ4v) is 4.90. The number of fused-ring (bicyclic) bond motifs is 2. The lowest BCUT2D eigenvalue weighted by atomic mass is 9.95. The van der Waals surface area contributed by atoms with Crippen molar-refractivity contribution in [3.05, 3.63) is 70.9 Å². The molecule has 2 heterocycles. The number of para-hydroxylation sites is 1. The van der Waals surface area contributed by atoms with Crippen molar-refractivity contribution in [1.82, 2.24) is 15.2 Å². The van der Waals surface area contributed by atoms with Crippen molar-refractivity contribution < 1.29 is 9.59 Å². The maximum Gasteiger partial charge on any atom is 0.255 e. The van der Waals surface area contributed by atoms with E-state index < -0.39 is 0 Å². The number of carbonyl (C=O) groups excluding carboxylic acids is 2. The number of H-pyrrole nitrogens is 1. The molecule has 4 rings (SSSR count). The number of aromatic nitrogens is 1. The zero-order valence-corrected chi connectivity index (χ0v) is 19.3. The highest BCUT2D eigenvalue weighted by Crippen LogP contribution is 2.42. The molecule has 0 radical (unpaired) electrons. The van der Waals surface area contributed by atoms with Gasteiger partial charge in [0.05, 0.1) is 6.04 Å². The van der Waals surface area contributed by atoms with Crippen LogP contribution in [0.4, 0.5) is 0 Å². The summed E-state index contributed by atoms with van der Waals surface area (Å²) in [5.41, 5.74) is 4.98. The molecule has 2 atom stereocenters. The SMILES string of the molecule is CCCCCC(C)NC(=O)CCN1C(=O)c2ccccc2C1c1c(C)[nH]c2ccccc12. The lowest BCUT2D eigenvalue weighted by Crippen LogP contribution is -2.37. The van der Waals surface area contributed by atoms with Crippen LogP contribution in [0, 0.1) is 6.92 Å². The number of nitrogens with one attached hydrogen (secondary N) is 2. The molecule has 168 valence electrons. The molecule has 0 saturated carbocycles. The van der Waals surface area contributed by atoms with Crippen LogP contribution in [-0.2, 0) is 4.79 Å². The Labute approximate surface area is 190 Å². The molecular weight excluding hydrogens is 398 g/mol. The van der Waals surface area contributed by atoms with Gasteiger partial charge in [-0.1, -0.05) is 62.6 Å². The second kappa shape index (κ2) is 9.60. The minimum absolute atomic E-state index is 0.000856. The number of unbranched alkanes of at least 4 members (excludes halogenated alkanes) is 2. The van der Waals surface area contributed by atoms with Gasteiger partial charge in [0.1, 0.15) is 0 Å². The lowest BCUT2D eigenvalue weighted by Gasteiger charge is -2.26. The van der Waals surface area contributed by atoms with Crippen LogP contribution in [0.3, 0.4) is 0 Å². The molecule has 1 aliphatic rings. The Morgan fingerprint density at radius 3 is 2.69 bits per heavy atom. The first-order valence-electron chi connectivity index (χ1n) is 11.8. The molecule has 0 aliphatic carbocycles. The van der Waals surface area contributed by atoms with E-state index in [1.807, 2.05) is 41.3 Å². The molecule has 1 aliphatic heterocycles. The summed E-state index contributed by atoms with van der Waals surface area (Å²) in [5.74, 6) is 0.00577. The Hall–Kier alpha value is -3.08. The maximum absolute atomic E-state index is 13.3. The maximum atomic E-state index is 13.3. The molecule has 2 unspecified atom stereocenters. The molecule has 0 spiro atoms. The second-order valence-corrected chi connectivity index (χ2v) is 8.91. The van der Waals surface area contributed by atoms with Crippen molar-refractivity contribution in [3.63, 3.8) is 0 Å². The summed E-state index contributed by atoms with van der Waals surface area (Å²) < 4.78 is 0. The number of benzene rings is 2. The minimum atomic E-state index is -0.190. The van der Waals surface area contributed by atoms with Crippen LogP contribution in [0.25, 0.3) is 10.9 Å². The van der Waals surface area contributed by atoms with E-state index in [0.717, 1.165) is 46.1 Å². The van der Waals surface area contributed by atoms with E-state index in [1.54, 1.807) is 0 Å². The van der Waals surface area contributed by atoms with E-state index in [4.69, 9.17) is 0 Å². The number of amides is 2. The molecule has 2 amide bonds.